The molecule has 1 aromatic rings. The Kier molecular flexibility index (Phi) is 3.82. The van der Waals surface area contributed by atoms with Crippen LogP contribution in [0.3, 0.4) is 0 Å². The lowest BCUT2D eigenvalue weighted by molar-refractivity contribution is 0.00578. The fourth-order valence-corrected chi connectivity index (χ4v) is 3.96. The molecule has 126 valence electrons. The minimum absolute atomic E-state index is 0.269. The van der Waals surface area contributed by atoms with Crippen LogP contribution in [0.15, 0.2) is 18.2 Å². The fourth-order valence-electron chi connectivity index (χ4n) is 2.55. The standard InChI is InChI=1S/C16H24BNO4S/c1-11-6-9-13(17-21-15(2,3)16(4,5)22-17)14(10-11)18-23(19,20)12-7-8-12/h6,9-10,12,18H,7-8H2,1-5H3. The molecule has 2 aliphatic rings. The van der Waals surface area contributed by atoms with Crippen LogP contribution in [0.4, 0.5) is 5.69 Å². The average molecular weight is 337 g/mol. The van der Waals surface area contributed by atoms with E-state index in [9.17, 15) is 8.42 Å². The third-order valence-corrected chi connectivity index (χ3v) is 6.78. The van der Waals surface area contributed by atoms with Crippen molar-refractivity contribution in [1.82, 2.24) is 0 Å². The van der Waals surface area contributed by atoms with Crippen LogP contribution in [0.1, 0.15) is 46.1 Å². The number of aryl methyl sites for hydroxylation is 1. The summed E-state index contributed by atoms with van der Waals surface area (Å²) in [6.45, 7) is 9.86. The van der Waals surface area contributed by atoms with Gasteiger partial charge in [0.2, 0.25) is 10.0 Å². The normalized spacial score (nSPS) is 23.1. The van der Waals surface area contributed by atoms with Gasteiger partial charge in [-0.1, -0.05) is 12.1 Å². The van der Waals surface area contributed by atoms with Crippen molar-refractivity contribution in [3.8, 4) is 0 Å². The van der Waals surface area contributed by atoms with E-state index in [1.165, 1.54) is 0 Å². The third-order valence-electron chi connectivity index (χ3n) is 4.93. The van der Waals surface area contributed by atoms with Crippen molar-refractivity contribution >= 4 is 28.3 Å². The molecule has 23 heavy (non-hydrogen) atoms. The maximum atomic E-state index is 12.3. The van der Waals surface area contributed by atoms with Crippen LogP contribution in [0.5, 0.6) is 0 Å². The van der Waals surface area contributed by atoms with Crippen molar-refractivity contribution in [3.05, 3.63) is 23.8 Å². The van der Waals surface area contributed by atoms with E-state index >= 15 is 0 Å². The average Bonchev–Trinajstić information content (AvgIpc) is 3.18. The van der Waals surface area contributed by atoms with Crippen LogP contribution < -0.4 is 10.2 Å². The van der Waals surface area contributed by atoms with Crippen LogP contribution in [0.25, 0.3) is 0 Å². The van der Waals surface area contributed by atoms with E-state index in [-0.39, 0.29) is 5.25 Å². The lowest BCUT2D eigenvalue weighted by Crippen LogP contribution is -2.41. The van der Waals surface area contributed by atoms with Gasteiger partial charge in [0.05, 0.1) is 16.5 Å². The molecule has 3 rings (SSSR count). The zero-order valence-electron chi connectivity index (χ0n) is 14.3. The molecule has 1 saturated carbocycles. The maximum absolute atomic E-state index is 12.3. The predicted octanol–water partition coefficient (Wildman–Crippen LogP) is 2.20. The van der Waals surface area contributed by atoms with Gasteiger partial charge in [-0.25, -0.2) is 8.42 Å². The molecule has 1 N–H and O–H groups in total. The number of benzene rings is 1. The molecule has 1 heterocycles. The Labute approximate surface area is 138 Å². The summed E-state index contributed by atoms with van der Waals surface area (Å²) in [6, 6.07) is 5.65. The predicted molar refractivity (Wildman–Crippen MR) is 92.5 cm³/mol. The molecule has 1 aliphatic heterocycles. The molecule has 0 atom stereocenters. The van der Waals surface area contributed by atoms with Gasteiger partial charge in [0.15, 0.2) is 0 Å². The van der Waals surface area contributed by atoms with E-state index in [0.29, 0.717) is 5.69 Å². The third kappa shape index (κ3) is 3.14. The van der Waals surface area contributed by atoms with Crippen LogP contribution in [0.2, 0.25) is 0 Å². The Morgan fingerprint density at radius 1 is 1.13 bits per heavy atom. The fraction of sp³-hybridized carbons (Fsp3) is 0.625. The van der Waals surface area contributed by atoms with Gasteiger partial charge in [0, 0.05) is 11.2 Å². The van der Waals surface area contributed by atoms with Gasteiger partial charge >= 0.3 is 7.12 Å². The first kappa shape index (κ1) is 16.8. The van der Waals surface area contributed by atoms with Gasteiger partial charge in [-0.2, -0.15) is 0 Å². The van der Waals surface area contributed by atoms with E-state index in [4.69, 9.17) is 9.31 Å². The molecule has 1 aromatic carbocycles. The molecule has 2 fully saturated rings. The van der Waals surface area contributed by atoms with E-state index in [0.717, 1.165) is 23.9 Å². The molecule has 0 bridgehead atoms. The monoisotopic (exact) mass is 337 g/mol. The van der Waals surface area contributed by atoms with Crippen molar-refractivity contribution in [1.29, 1.82) is 0 Å². The van der Waals surface area contributed by atoms with E-state index in [1.54, 1.807) is 0 Å². The number of rotatable bonds is 4. The second-order valence-corrected chi connectivity index (χ2v) is 9.49. The molecule has 5 nitrogen and oxygen atoms in total. The summed E-state index contributed by atoms with van der Waals surface area (Å²) in [4.78, 5) is 0. The van der Waals surface area contributed by atoms with Crippen molar-refractivity contribution in [2.24, 2.45) is 0 Å². The zero-order valence-corrected chi connectivity index (χ0v) is 15.2. The molecular weight excluding hydrogens is 313 g/mol. The summed E-state index contributed by atoms with van der Waals surface area (Å²) < 4.78 is 39.5. The van der Waals surface area contributed by atoms with Crippen molar-refractivity contribution in [2.75, 3.05) is 4.72 Å². The van der Waals surface area contributed by atoms with Gasteiger partial charge in [0.25, 0.3) is 0 Å². The Morgan fingerprint density at radius 2 is 1.70 bits per heavy atom. The van der Waals surface area contributed by atoms with Crippen molar-refractivity contribution < 1.29 is 17.7 Å². The van der Waals surface area contributed by atoms with Crippen LogP contribution in [-0.4, -0.2) is 32.0 Å². The minimum Gasteiger partial charge on any atom is -0.399 e. The molecule has 0 aromatic heterocycles. The smallest absolute Gasteiger partial charge is 0.399 e. The molecule has 1 aliphatic carbocycles. The quantitative estimate of drug-likeness (QED) is 0.856. The SMILES string of the molecule is Cc1ccc(B2OC(C)(C)C(C)(C)O2)c(NS(=O)(=O)C2CC2)c1. The number of hydrogen-bond donors (Lipinski definition) is 1. The van der Waals surface area contributed by atoms with Gasteiger partial charge in [0.1, 0.15) is 0 Å². The Morgan fingerprint density at radius 3 is 2.22 bits per heavy atom. The van der Waals surface area contributed by atoms with Gasteiger partial charge < -0.3 is 9.31 Å². The Hall–Kier alpha value is -1.05. The summed E-state index contributed by atoms with van der Waals surface area (Å²) in [5.41, 5.74) is 1.33. The number of hydrogen-bond acceptors (Lipinski definition) is 4. The Balaban J connectivity index is 1.94. The maximum Gasteiger partial charge on any atom is 0.497 e. The van der Waals surface area contributed by atoms with E-state index < -0.39 is 28.3 Å². The molecule has 0 spiro atoms. The first-order valence-corrected chi connectivity index (χ1v) is 9.54. The highest BCUT2D eigenvalue weighted by molar-refractivity contribution is 7.93. The van der Waals surface area contributed by atoms with Crippen molar-refractivity contribution in [2.45, 2.75) is 63.9 Å². The second-order valence-electron chi connectivity index (χ2n) is 7.53. The minimum atomic E-state index is -3.33. The molecule has 0 unspecified atom stereocenters. The number of sulfonamides is 1. The molecule has 1 saturated heterocycles. The zero-order chi connectivity index (χ0) is 17.0. The summed E-state index contributed by atoms with van der Waals surface area (Å²) in [7, 11) is -3.91. The van der Waals surface area contributed by atoms with Crippen LogP contribution in [0, 0.1) is 6.92 Å². The highest BCUT2D eigenvalue weighted by Gasteiger charge is 2.52. The lowest BCUT2D eigenvalue weighted by Gasteiger charge is -2.32. The van der Waals surface area contributed by atoms with Gasteiger partial charge in [-0.05, 0) is 59.1 Å². The number of nitrogens with one attached hydrogen (secondary N) is 1. The first-order valence-electron chi connectivity index (χ1n) is 8.00. The first-order chi connectivity index (χ1) is 10.5. The topological polar surface area (TPSA) is 64.6 Å². The highest BCUT2D eigenvalue weighted by Crippen LogP contribution is 2.37. The summed E-state index contributed by atoms with van der Waals surface area (Å²) in [6.07, 6.45) is 1.46. The largest absolute Gasteiger partial charge is 0.497 e. The highest BCUT2D eigenvalue weighted by atomic mass is 32.2. The summed E-state index contributed by atoms with van der Waals surface area (Å²) in [5, 5.41) is -0.269. The summed E-state index contributed by atoms with van der Waals surface area (Å²) in [5.74, 6) is 0. The Bertz CT molecular complexity index is 710. The summed E-state index contributed by atoms with van der Waals surface area (Å²) >= 11 is 0. The molecule has 0 amide bonds. The van der Waals surface area contributed by atoms with E-state index in [2.05, 4.69) is 4.72 Å². The number of anilines is 1. The van der Waals surface area contributed by atoms with Gasteiger partial charge in [-0.3, -0.25) is 4.72 Å². The van der Waals surface area contributed by atoms with E-state index in [1.807, 2.05) is 52.8 Å². The second kappa shape index (κ2) is 5.23. The van der Waals surface area contributed by atoms with Gasteiger partial charge in [-0.15, -0.1) is 0 Å². The van der Waals surface area contributed by atoms with Crippen LogP contribution >= 0.6 is 0 Å². The van der Waals surface area contributed by atoms with Crippen LogP contribution in [-0.2, 0) is 19.3 Å². The molecule has 7 heteroatoms. The lowest BCUT2D eigenvalue weighted by atomic mass is 9.77. The molecule has 0 radical (unpaired) electrons. The van der Waals surface area contributed by atoms with Crippen molar-refractivity contribution in [3.63, 3.8) is 0 Å². The molecular formula is C16H24BNO4S.